The molecule has 0 heterocycles. The van der Waals surface area contributed by atoms with Crippen LogP contribution in [0.2, 0.25) is 0 Å². The van der Waals surface area contributed by atoms with Crippen LogP contribution in [0.5, 0.6) is 0 Å². The molecule has 0 aliphatic carbocycles. The van der Waals surface area contributed by atoms with Gasteiger partial charge in [0.25, 0.3) is 5.91 Å². The number of carbonyl (C=O) groups excluding carboxylic acids is 2. The van der Waals surface area contributed by atoms with E-state index in [1.54, 1.807) is 39.0 Å². The number of hydrogen-bond donors (Lipinski definition) is 3. The second kappa shape index (κ2) is 6.52. The van der Waals surface area contributed by atoms with Crippen molar-refractivity contribution in [2.24, 2.45) is 0 Å². The molecule has 5 heteroatoms. The third kappa shape index (κ3) is 4.66. The van der Waals surface area contributed by atoms with Gasteiger partial charge < -0.3 is 15.7 Å². The molecule has 110 valence electrons. The quantitative estimate of drug-likeness (QED) is 0.752. The summed E-state index contributed by atoms with van der Waals surface area (Å²) in [6, 6.07) is 7.14. The molecular formula is C15H22N2O3. The molecule has 0 fully saturated rings. The van der Waals surface area contributed by atoms with Crippen molar-refractivity contribution in [3.05, 3.63) is 35.4 Å². The van der Waals surface area contributed by atoms with Gasteiger partial charge in [-0.25, -0.2) is 0 Å². The number of hydrogen-bond acceptors (Lipinski definition) is 3. The summed E-state index contributed by atoms with van der Waals surface area (Å²) in [5.74, 6) is -0.629. The van der Waals surface area contributed by atoms with Gasteiger partial charge in [-0.05, 0) is 39.8 Å². The number of amides is 2. The highest BCUT2D eigenvalue weighted by Gasteiger charge is 2.25. The van der Waals surface area contributed by atoms with Crippen molar-refractivity contribution in [2.45, 2.75) is 39.3 Å². The predicted molar refractivity (Wildman–Crippen MR) is 77.4 cm³/mol. The van der Waals surface area contributed by atoms with Crippen molar-refractivity contribution in [2.75, 3.05) is 6.54 Å². The minimum Gasteiger partial charge on any atom is -0.391 e. The Bertz CT molecular complexity index is 496. The van der Waals surface area contributed by atoms with Crippen LogP contribution in [0.3, 0.4) is 0 Å². The summed E-state index contributed by atoms with van der Waals surface area (Å²) in [6.45, 7) is 6.82. The van der Waals surface area contributed by atoms with Crippen molar-refractivity contribution >= 4 is 11.8 Å². The van der Waals surface area contributed by atoms with E-state index < -0.39 is 11.6 Å². The lowest BCUT2D eigenvalue weighted by Gasteiger charge is -2.29. The molecule has 0 bridgehead atoms. The maximum absolute atomic E-state index is 11.9. The standard InChI is InChI=1S/C15H22N2O3/c1-10-6-5-7-12(8-10)14(20)16-9-13(19)17-15(3,4)11(2)18/h5-8,11,18H,9H2,1-4H3,(H,16,20)(H,17,19). The summed E-state index contributed by atoms with van der Waals surface area (Å²) in [6.07, 6.45) is -0.682. The fraction of sp³-hybridized carbons (Fsp3) is 0.467. The van der Waals surface area contributed by atoms with Crippen LogP contribution >= 0.6 is 0 Å². The van der Waals surface area contributed by atoms with E-state index in [0.717, 1.165) is 5.56 Å². The van der Waals surface area contributed by atoms with Crippen molar-refractivity contribution in [3.63, 3.8) is 0 Å². The SMILES string of the molecule is Cc1cccc(C(=O)NCC(=O)NC(C)(C)C(C)O)c1. The number of aryl methyl sites for hydroxylation is 1. The Balaban J connectivity index is 2.51. The Morgan fingerprint density at radius 2 is 2.00 bits per heavy atom. The Kier molecular flexibility index (Phi) is 5.27. The summed E-state index contributed by atoms with van der Waals surface area (Å²) in [5, 5.41) is 14.7. The summed E-state index contributed by atoms with van der Waals surface area (Å²) in [7, 11) is 0. The summed E-state index contributed by atoms with van der Waals surface area (Å²) in [4.78, 5) is 23.6. The normalized spacial score (nSPS) is 12.7. The fourth-order valence-corrected chi connectivity index (χ4v) is 1.56. The number of aliphatic hydroxyl groups is 1. The lowest BCUT2D eigenvalue weighted by atomic mass is 9.99. The van der Waals surface area contributed by atoms with Gasteiger partial charge >= 0.3 is 0 Å². The molecule has 0 saturated heterocycles. The highest BCUT2D eigenvalue weighted by Crippen LogP contribution is 2.07. The third-order valence-electron chi connectivity index (χ3n) is 3.20. The number of benzene rings is 1. The van der Waals surface area contributed by atoms with E-state index in [2.05, 4.69) is 10.6 Å². The van der Waals surface area contributed by atoms with Gasteiger partial charge in [0.1, 0.15) is 0 Å². The van der Waals surface area contributed by atoms with Crippen LogP contribution in [0.4, 0.5) is 0 Å². The third-order valence-corrected chi connectivity index (χ3v) is 3.20. The molecule has 0 spiro atoms. The van der Waals surface area contributed by atoms with Crippen LogP contribution in [-0.4, -0.2) is 35.1 Å². The van der Waals surface area contributed by atoms with Crippen LogP contribution in [-0.2, 0) is 4.79 Å². The van der Waals surface area contributed by atoms with Crippen LogP contribution < -0.4 is 10.6 Å². The molecule has 0 saturated carbocycles. The molecule has 0 aromatic heterocycles. The topological polar surface area (TPSA) is 78.4 Å². The maximum Gasteiger partial charge on any atom is 0.251 e. The van der Waals surface area contributed by atoms with Crippen molar-refractivity contribution in [3.8, 4) is 0 Å². The zero-order valence-electron chi connectivity index (χ0n) is 12.4. The molecule has 2 amide bonds. The number of rotatable bonds is 5. The molecule has 1 unspecified atom stereocenters. The molecule has 0 radical (unpaired) electrons. The second-order valence-corrected chi connectivity index (χ2v) is 5.50. The van der Waals surface area contributed by atoms with Crippen LogP contribution in [0.25, 0.3) is 0 Å². The van der Waals surface area contributed by atoms with Gasteiger partial charge in [0.05, 0.1) is 18.2 Å². The van der Waals surface area contributed by atoms with Crippen LogP contribution in [0, 0.1) is 6.92 Å². The van der Waals surface area contributed by atoms with Gasteiger partial charge in [-0.3, -0.25) is 9.59 Å². The van der Waals surface area contributed by atoms with Gasteiger partial charge in [-0.2, -0.15) is 0 Å². The molecule has 1 aromatic carbocycles. The smallest absolute Gasteiger partial charge is 0.251 e. The van der Waals surface area contributed by atoms with Crippen molar-refractivity contribution in [1.82, 2.24) is 10.6 Å². The maximum atomic E-state index is 11.9. The first-order valence-corrected chi connectivity index (χ1v) is 6.56. The zero-order valence-corrected chi connectivity index (χ0v) is 12.4. The minimum absolute atomic E-state index is 0.122. The van der Waals surface area contributed by atoms with E-state index in [1.807, 2.05) is 13.0 Å². The highest BCUT2D eigenvalue weighted by molar-refractivity contribution is 5.96. The number of nitrogens with one attached hydrogen (secondary N) is 2. The monoisotopic (exact) mass is 278 g/mol. The summed E-state index contributed by atoms with van der Waals surface area (Å²) in [5.41, 5.74) is 0.774. The molecule has 5 nitrogen and oxygen atoms in total. The van der Waals surface area contributed by atoms with Gasteiger partial charge in [0, 0.05) is 5.56 Å². The first-order valence-electron chi connectivity index (χ1n) is 6.56. The molecule has 1 aromatic rings. The number of carbonyl (C=O) groups is 2. The molecule has 20 heavy (non-hydrogen) atoms. The Morgan fingerprint density at radius 3 is 2.55 bits per heavy atom. The predicted octanol–water partition coefficient (Wildman–Crippen LogP) is 1.00. The number of aliphatic hydroxyl groups excluding tert-OH is 1. The van der Waals surface area contributed by atoms with E-state index in [-0.39, 0.29) is 18.4 Å². The Hall–Kier alpha value is -1.88. The van der Waals surface area contributed by atoms with Crippen molar-refractivity contribution < 1.29 is 14.7 Å². The van der Waals surface area contributed by atoms with E-state index in [4.69, 9.17) is 0 Å². The molecule has 0 aliphatic rings. The first-order chi connectivity index (χ1) is 9.22. The van der Waals surface area contributed by atoms with Gasteiger partial charge in [-0.1, -0.05) is 17.7 Å². The molecule has 1 atom stereocenters. The van der Waals surface area contributed by atoms with Gasteiger partial charge in [0.15, 0.2) is 0 Å². The summed E-state index contributed by atoms with van der Waals surface area (Å²) >= 11 is 0. The Labute approximate surface area is 119 Å². The average Bonchev–Trinajstić information content (AvgIpc) is 2.35. The molecule has 1 rings (SSSR count). The lowest BCUT2D eigenvalue weighted by molar-refractivity contribution is -0.123. The van der Waals surface area contributed by atoms with E-state index in [1.165, 1.54) is 0 Å². The van der Waals surface area contributed by atoms with Crippen LogP contribution in [0.15, 0.2) is 24.3 Å². The molecule has 0 aliphatic heterocycles. The second-order valence-electron chi connectivity index (χ2n) is 5.50. The zero-order chi connectivity index (χ0) is 15.3. The largest absolute Gasteiger partial charge is 0.391 e. The summed E-state index contributed by atoms with van der Waals surface area (Å²) < 4.78 is 0. The lowest BCUT2D eigenvalue weighted by Crippen LogP contribution is -2.53. The first kappa shape index (κ1) is 16.2. The minimum atomic E-state index is -0.731. The Morgan fingerprint density at radius 1 is 1.35 bits per heavy atom. The fourth-order valence-electron chi connectivity index (χ4n) is 1.56. The van der Waals surface area contributed by atoms with E-state index >= 15 is 0 Å². The van der Waals surface area contributed by atoms with E-state index in [9.17, 15) is 14.7 Å². The van der Waals surface area contributed by atoms with Gasteiger partial charge in [0.2, 0.25) is 5.91 Å². The van der Waals surface area contributed by atoms with Gasteiger partial charge in [-0.15, -0.1) is 0 Å². The average molecular weight is 278 g/mol. The highest BCUT2D eigenvalue weighted by atomic mass is 16.3. The van der Waals surface area contributed by atoms with Crippen LogP contribution in [0.1, 0.15) is 36.7 Å². The molecule has 3 N–H and O–H groups in total. The van der Waals surface area contributed by atoms with E-state index in [0.29, 0.717) is 5.56 Å². The molecular weight excluding hydrogens is 256 g/mol. The van der Waals surface area contributed by atoms with Crippen molar-refractivity contribution in [1.29, 1.82) is 0 Å².